The van der Waals surface area contributed by atoms with Crippen LogP contribution in [0.25, 0.3) is 11.0 Å². The first-order valence-corrected chi connectivity index (χ1v) is 7.21. The number of H-pyrrole nitrogens is 1. The molecule has 3 N–H and O–H groups in total. The van der Waals surface area contributed by atoms with Crippen molar-refractivity contribution in [3.05, 3.63) is 27.0 Å². The topological polar surface area (TPSA) is 83.7 Å². The molecule has 0 spiro atoms. The minimum atomic E-state index is 0.241. The van der Waals surface area contributed by atoms with Crippen molar-refractivity contribution < 1.29 is 0 Å². The molecule has 0 saturated heterocycles. The maximum atomic E-state index is 5.72. The number of nitrogens with one attached hydrogen (secondary N) is 1. The van der Waals surface area contributed by atoms with Gasteiger partial charge >= 0.3 is 0 Å². The number of halogens is 1. The summed E-state index contributed by atoms with van der Waals surface area (Å²) in [5, 5.41) is 9.77. The zero-order valence-corrected chi connectivity index (χ0v) is 12.5. The third-order valence-electron chi connectivity index (χ3n) is 2.71. The van der Waals surface area contributed by atoms with Crippen LogP contribution in [0.15, 0.2) is 21.4 Å². The van der Waals surface area contributed by atoms with Gasteiger partial charge in [-0.3, -0.25) is 5.10 Å². The van der Waals surface area contributed by atoms with E-state index in [4.69, 9.17) is 5.73 Å². The number of rotatable bonds is 3. The molecule has 3 aromatic rings. The SMILES string of the molecule is CN(Cc1csc(Br)c1)c1nc(N)nc2[nH]ncc12. The second-order valence-electron chi connectivity index (χ2n) is 4.15. The molecule has 8 heteroatoms. The van der Waals surface area contributed by atoms with Gasteiger partial charge in [0.25, 0.3) is 0 Å². The maximum absolute atomic E-state index is 5.72. The van der Waals surface area contributed by atoms with Gasteiger partial charge in [0.15, 0.2) is 5.65 Å². The first-order valence-electron chi connectivity index (χ1n) is 5.54. The van der Waals surface area contributed by atoms with Crippen LogP contribution in [0, 0.1) is 0 Å². The Morgan fingerprint density at radius 1 is 1.47 bits per heavy atom. The smallest absolute Gasteiger partial charge is 0.224 e. The molecule has 0 aliphatic heterocycles. The van der Waals surface area contributed by atoms with Crippen LogP contribution in [0.1, 0.15) is 5.56 Å². The lowest BCUT2D eigenvalue weighted by Crippen LogP contribution is -2.18. The Bertz CT molecular complexity index is 721. The highest BCUT2D eigenvalue weighted by atomic mass is 79.9. The number of nitrogen functional groups attached to an aromatic ring is 1. The predicted octanol–water partition coefficient (Wildman–Crippen LogP) is 2.40. The number of hydrogen-bond donors (Lipinski definition) is 2. The molecule has 0 amide bonds. The van der Waals surface area contributed by atoms with Crippen LogP contribution in [0.3, 0.4) is 0 Å². The summed E-state index contributed by atoms with van der Waals surface area (Å²) in [4.78, 5) is 10.4. The van der Waals surface area contributed by atoms with E-state index >= 15 is 0 Å². The molecule has 0 fully saturated rings. The molecule has 0 unspecified atom stereocenters. The summed E-state index contributed by atoms with van der Waals surface area (Å²) < 4.78 is 1.12. The van der Waals surface area contributed by atoms with Crippen LogP contribution < -0.4 is 10.6 Å². The largest absolute Gasteiger partial charge is 0.368 e. The van der Waals surface area contributed by atoms with Crippen LogP contribution in [0.4, 0.5) is 11.8 Å². The fraction of sp³-hybridized carbons (Fsp3) is 0.182. The Kier molecular flexibility index (Phi) is 3.11. The summed E-state index contributed by atoms with van der Waals surface area (Å²) in [6, 6.07) is 2.10. The Morgan fingerprint density at radius 3 is 3.05 bits per heavy atom. The van der Waals surface area contributed by atoms with Gasteiger partial charge < -0.3 is 10.6 Å². The van der Waals surface area contributed by atoms with Crippen molar-refractivity contribution in [3.63, 3.8) is 0 Å². The number of aromatic nitrogens is 4. The van der Waals surface area contributed by atoms with Crippen LogP contribution in [-0.4, -0.2) is 27.2 Å². The lowest BCUT2D eigenvalue weighted by molar-refractivity contribution is 0.906. The summed E-state index contributed by atoms with van der Waals surface area (Å²) in [6.07, 6.45) is 1.71. The van der Waals surface area contributed by atoms with Gasteiger partial charge in [-0.1, -0.05) is 0 Å². The van der Waals surface area contributed by atoms with Crippen molar-refractivity contribution in [1.82, 2.24) is 20.2 Å². The van der Waals surface area contributed by atoms with Crippen molar-refractivity contribution in [2.24, 2.45) is 0 Å². The number of anilines is 2. The molecule has 19 heavy (non-hydrogen) atoms. The summed E-state index contributed by atoms with van der Waals surface area (Å²) in [5.74, 6) is 1.02. The summed E-state index contributed by atoms with van der Waals surface area (Å²) in [6.45, 7) is 0.749. The lowest BCUT2D eigenvalue weighted by Gasteiger charge is -2.18. The van der Waals surface area contributed by atoms with Gasteiger partial charge in [-0.25, -0.2) is 0 Å². The summed E-state index contributed by atoms with van der Waals surface area (Å²) in [5.41, 5.74) is 7.59. The van der Waals surface area contributed by atoms with E-state index in [0.29, 0.717) is 5.65 Å². The molecule has 98 valence electrons. The number of fused-ring (bicyclic) bond motifs is 1. The molecule has 0 saturated carbocycles. The Labute approximate surface area is 121 Å². The number of nitrogens with zero attached hydrogens (tertiary/aromatic N) is 4. The van der Waals surface area contributed by atoms with E-state index in [9.17, 15) is 0 Å². The number of thiophene rings is 1. The number of hydrogen-bond acceptors (Lipinski definition) is 6. The molecular weight excluding hydrogens is 328 g/mol. The molecule has 0 bridgehead atoms. The van der Waals surface area contributed by atoms with Crippen molar-refractivity contribution in [1.29, 1.82) is 0 Å². The monoisotopic (exact) mass is 338 g/mol. The standard InChI is InChI=1S/C11H11BrN6S/c1-18(4-6-2-8(12)19-5-6)10-7-3-14-17-9(7)15-11(13)16-10/h2-3,5H,4H2,1H3,(H3,13,14,15,16,17). The highest BCUT2D eigenvalue weighted by Crippen LogP contribution is 2.26. The van der Waals surface area contributed by atoms with E-state index in [-0.39, 0.29) is 5.95 Å². The van der Waals surface area contributed by atoms with E-state index < -0.39 is 0 Å². The number of aromatic amines is 1. The first kappa shape index (κ1) is 12.4. The van der Waals surface area contributed by atoms with E-state index in [1.54, 1.807) is 17.5 Å². The maximum Gasteiger partial charge on any atom is 0.224 e. The molecule has 0 atom stereocenters. The number of nitrogens with two attached hydrogens (primary N) is 1. The normalized spacial score (nSPS) is 11.1. The average Bonchev–Trinajstić information content (AvgIpc) is 2.96. The van der Waals surface area contributed by atoms with Gasteiger partial charge in [0.2, 0.25) is 5.95 Å². The van der Waals surface area contributed by atoms with Crippen LogP contribution in [0.2, 0.25) is 0 Å². The predicted molar refractivity (Wildman–Crippen MR) is 80.2 cm³/mol. The minimum absolute atomic E-state index is 0.241. The molecular formula is C11H11BrN6S. The van der Waals surface area contributed by atoms with Gasteiger partial charge in [0.05, 0.1) is 15.4 Å². The molecule has 0 aromatic carbocycles. The Hall–Kier alpha value is -1.67. The molecule has 0 radical (unpaired) electrons. The highest BCUT2D eigenvalue weighted by molar-refractivity contribution is 9.11. The highest BCUT2D eigenvalue weighted by Gasteiger charge is 2.13. The Morgan fingerprint density at radius 2 is 2.32 bits per heavy atom. The van der Waals surface area contributed by atoms with Gasteiger partial charge in [0.1, 0.15) is 5.82 Å². The third kappa shape index (κ3) is 2.41. The van der Waals surface area contributed by atoms with Gasteiger partial charge in [0, 0.05) is 13.6 Å². The van der Waals surface area contributed by atoms with Crippen LogP contribution in [0.5, 0.6) is 0 Å². The zero-order valence-electron chi connectivity index (χ0n) is 10.1. The lowest BCUT2D eigenvalue weighted by atomic mass is 10.3. The van der Waals surface area contributed by atoms with E-state index in [0.717, 1.165) is 21.5 Å². The minimum Gasteiger partial charge on any atom is -0.368 e. The first-order chi connectivity index (χ1) is 9.13. The fourth-order valence-electron chi connectivity index (χ4n) is 1.90. The quantitative estimate of drug-likeness (QED) is 0.766. The van der Waals surface area contributed by atoms with Crippen molar-refractivity contribution >= 4 is 50.1 Å². The zero-order chi connectivity index (χ0) is 13.4. The molecule has 6 nitrogen and oxygen atoms in total. The van der Waals surface area contributed by atoms with Crippen LogP contribution in [-0.2, 0) is 6.54 Å². The molecule has 3 aromatic heterocycles. The van der Waals surface area contributed by atoms with Crippen molar-refractivity contribution in [2.75, 3.05) is 17.7 Å². The summed E-state index contributed by atoms with van der Waals surface area (Å²) in [7, 11) is 1.97. The van der Waals surface area contributed by atoms with Gasteiger partial charge in [-0.2, -0.15) is 15.1 Å². The molecule has 0 aliphatic rings. The third-order valence-corrected chi connectivity index (χ3v) is 4.26. The van der Waals surface area contributed by atoms with E-state index in [2.05, 4.69) is 47.5 Å². The molecule has 3 heterocycles. The van der Waals surface area contributed by atoms with Gasteiger partial charge in [-0.05, 0) is 32.9 Å². The van der Waals surface area contributed by atoms with Gasteiger partial charge in [-0.15, -0.1) is 11.3 Å². The molecule has 0 aliphatic carbocycles. The molecule has 3 rings (SSSR count). The van der Waals surface area contributed by atoms with Crippen molar-refractivity contribution in [3.8, 4) is 0 Å². The Balaban J connectivity index is 1.96. The van der Waals surface area contributed by atoms with E-state index in [1.807, 2.05) is 11.9 Å². The van der Waals surface area contributed by atoms with Crippen molar-refractivity contribution in [2.45, 2.75) is 6.54 Å². The second-order valence-corrected chi connectivity index (χ2v) is 6.44. The van der Waals surface area contributed by atoms with Crippen LogP contribution >= 0.6 is 27.3 Å². The average molecular weight is 339 g/mol. The van der Waals surface area contributed by atoms with E-state index in [1.165, 1.54) is 5.56 Å². The fourth-order valence-corrected chi connectivity index (χ4v) is 3.11. The summed E-state index contributed by atoms with van der Waals surface area (Å²) >= 11 is 5.13. The second kappa shape index (κ2) is 4.78.